The summed E-state index contributed by atoms with van der Waals surface area (Å²) in [5, 5.41) is 12.6. The number of benzene rings is 2. The minimum atomic E-state index is -0.363. The largest absolute Gasteiger partial charge is 0.489 e. The molecule has 1 atom stereocenters. The first kappa shape index (κ1) is 21.0. The second-order valence-electron chi connectivity index (χ2n) is 7.34. The number of rotatable bonds is 9. The van der Waals surface area contributed by atoms with Gasteiger partial charge in [-0.05, 0) is 35.7 Å². The van der Waals surface area contributed by atoms with Gasteiger partial charge in [-0.2, -0.15) is 0 Å². The first-order valence-electron chi connectivity index (χ1n) is 9.83. The Morgan fingerprint density at radius 1 is 1.03 bits per heavy atom. The van der Waals surface area contributed by atoms with Crippen LogP contribution in [0.15, 0.2) is 66.7 Å². The van der Waals surface area contributed by atoms with Crippen LogP contribution in [-0.2, 0) is 13.2 Å². The average Bonchev–Trinajstić information content (AvgIpc) is 2.74. The Kier molecular flexibility index (Phi) is 7.33. The molecule has 0 unspecified atom stereocenters. The Labute approximate surface area is 171 Å². The lowest BCUT2D eigenvalue weighted by molar-refractivity contribution is 0.209. The number of aliphatic hydroxyl groups excluding tert-OH is 1. The lowest BCUT2D eigenvalue weighted by Crippen LogP contribution is -2.36. The van der Waals surface area contributed by atoms with Crippen LogP contribution >= 0.6 is 0 Å². The van der Waals surface area contributed by atoms with Gasteiger partial charge in [0.2, 0.25) is 0 Å². The second kappa shape index (κ2) is 10.1. The molecule has 0 aliphatic carbocycles. The van der Waals surface area contributed by atoms with Gasteiger partial charge >= 0.3 is 0 Å². The third-order valence-corrected chi connectivity index (χ3v) is 4.83. The van der Waals surface area contributed by atoms with E-state index in [0.717, 1.165) is 16.9 Å². The smallest absolute Gasteiger partial charge is 0.146 e. The minimum absolute atomic E-state index is 0.000223. The van der Waals surface area contributed by atoms with Crippen molar-refractivity contribution in [2.45, 2.75) is 33.0 Å². The van der Waals surface area contributed by atoms with Crippen molar-refractivity contribution in [1.82, 2.24) is 10.3 Å². The van der Waals surface area contributed by atoms with Crippen molar-refractivity contribution in [2.75, 3.05) is 6.61 Å². The van der Waals surface area contributed by atoms with E-state index < -0.39 is 0 Å². The summed E-state index contributed by atoms with van der Waals surface area (Å²) >= 11 is 0. The Morgan fingerprint density at radius 3 is 2.55 bits per heavy atom. The van der Waals surface area contributed by atoms with Crippen molar-refractivity contribution in [3.63, 3.8) is 0 Å². The summed E-state index contributed by atoms with van der Waals surface area (Å²) in [5.74, 6) is 0.611. The summed E-state index contributed by atoms with van der Waals surface area (Å²) in [5.41, 5.74) is 2.96. The summed E-state index contributed by atoms with van der Waals surface area (Å²) in [6, 6.07) is 20.6. The maximum atomic E-state index is 14.2. The maximum absolute atomic E-state index is 14.2. The molecular formula is C24H27FN2O2. The molecule has 3 rings (SSSR count). The van der Waals surface area contributed by atoms with Crippen LogP contribution in [0.2, 0.25) is 0 Å². The molecule has 0 bridgehead atoms. The van der Waals surface area contributed by atoms with Crippen molar-refractivity contribution in [1.29, 1.82) is 0 Å². The van der Waals surface area contributed by atoms with Crippen LogP contribution in [0.25, 0.3) is 11.3 Å². The number of halogens is 1. The molecule has 3 aromatic rings. The predicted octanol–water partition coefficient (Wildman–Crippen LogP) is 4.57. The molecule has 0 fully saturated rings. The molecule has 2 N–H and O–H groups in total. The summed E-state index contributed by atoms with van der Waals surface area (Å²) in [6.07, 6.45) is 0. The van der Waals surface area contributed by atoms with E-state index >= 15 is 0 Å². The van der Waals surface area contributed by atoms with Crippen LogP contribution in [-0.4, -0.2) is 22.7 Å². The highest BCUT2D eigenvalue weighted by Gasteiger charge is 2.14. The van der Waals surface area contributed by atoms with Crippen LogP contribution in [0.4, 0.5) is 4.39 Å². The fourth-order valence-corrected chi connectivity index (χ4v) is 2.99. The van der Waals surface area contributed by atoms with E-state index in [4.69, 9.17) is 4.74 Å². The minimum Gasteiger partial charge on any atom is -0.489 e. The normalized spacial score (nSPS) is 12.2. The standard InChI is InChI=1S/C24H27FN2O2/c1-17(2)24(15-28)26-14-23-21(25)11-12-22(27-23)19-9-6-10-20(13-19)29-16-18-7-4-3-5-8-18/h3-13,17,24,26,28H,14-16H2,1-2H3/t24-/m0/s1. The fraction of sp³-hybridized carbons (Fsp3) is 0.292. The lowest BCUT2D eigenvalue weighted by Gasteiger charge is -2.20. The number of ether oxygens (including phenoxy) is 1. The number of hydrogen-bond donors (Lipinski definition) is 2. The van der Waals surface area contributed by atoms with E-state index in [-0.39, 0.29) is 30.9 Å². The Balaban J connectivity index is 1.73. The molecule has 0 amide bonds. The van der Waals surface area contributed by atoms with Gasteiger partial charge in [0.05, 0.1) is 18.0 Å². The molecule has 5 heteroatoms. The summed E-state index contributed by atoms with van der Waals surface area (Å²) < 4.78 is 20.1. The van der Waals surface area contributed by atoms with E-state index in [1.165, 1.54) is 6.07 Å². The second-order valence-corrected chi connectivity index (χ2v) is 7.34. The monoisotopic (exact) mass is 394 g/mol. The number of aromatic nitrogens is 1. The summed E-state index contributed by atoms with van der Waals surface area (Å²) in [7, 11) is 0. The molecular weight excluding hydrogens is 367 g/mol. The highest BCUT2D eigenvalue weighted by Crippen LogP contribution is 2.24. The number of pyridine rings is 1. The fourth-order valence-electron chi connectivity index (χ4n) is 2.99. The van der Waals surface area contributed by atoms with Gasteiger partial charge in [-0.15, -0.1) is 0 Å². The average molecular weight is 394 g/mol. The predicted molar refractivity (Wildman–Crippen MR) is 113 cm³/mol. The lowest BCUT2D eigenvalue weighted by atomic mass is 10.1. The molecule has 0 aliphatic heterocycles. The Bertz CT molecular complexity index is 916. The highest BCUT2D eigenvalue weighted by atomic mass is 19.1. The Morgan fingerprint density at radius 2 is 1.83 bits per heavy atom. The molecule has 0 spiro atoms. The van der Waals surface area contributed by atoms with E-state index in [9.17, 15) is 9.50 Å². The van der Waals surface area contributed by atoms with E-state index in [2.05, 4.69) is 10.3 Å². The van der Waals surface area contributed by atoms with Crippen LogP contribution in [0.5, 0.6) is 5.75 Å². The van der Waals surface area contributed by atoms with E-state index in [0.29, 0.717) is 18.0 Å². The zero-order valence-corrected chi connectivity index (χ0v) is 16.8. The molecule has 0 saturated heterocycles. The maximum Gasteiger partial charge on any atom is 0.146 e. The van der Waals surface area contributed by atoms with Gasteiger partial charge in [0, 0.05) is 18.2 Å². The highest BCUT2D eigenvalue weighted by molar-refractivity contribution is 5.61. The van der Waals surface area contributed by atoms with Gasteiger partial charge in [-0.3, -0.25) is 0 Å². The van der Waals surface area contributed by atoms with Gasteiger partial charge < -0.3 is 15.2 Å². The van der Waals surface area contributed by atoms with Crippen LogP contribution in [0.1, 0.15) is 25.1 Å². The van der Waals surface area contributed by atoms with E-state index in [1.54, 1.807) is 6.07 Å². The Hall–Kier alpha value is -2.76. The number of nitrogens with one attached hydrogen (secondary N) is 1. The van der Waals surface area contributed by atoms with Crippen LogP contribution < -0.4 is 10.1 Å². The van der Waals surface area contributed by atoms with Crippen molar-refractivity contribution in [2.24, 2.45) is 5.92 Å². The van der Waals surface area contributed by atoms with Gasteiger partial charge in [-0.25, -0.2) is 9.37 Å². The first-order chi connectivity index (χ1) is 14.1. The zero-order chi connectivity index (χ0) is 20.6. The van der Waals surface area contributed by atoms with Gasteiger partial charge in [0.25, 0.3) is 0 Å². The van der Waals surface area contributed by atoms with Gasteiger partial charge in [-0.1, -0.05) is 56.3 Å². The van der Waals surface area contributed by atoms with Crippen molar-refractivity contribution < 1.29 is 14.2 Å². The molecule has 1 heterocycles. The molecule has 1 aromatic heterocycles. The molecule has 0 saturated carbocycles. The molecule has 0 radical (unpaired) electrons. The topological polar surface area (TPSA) is 54.4 Å². The number of aliphatic hydroxyl groups is 1. The van der Waals surface area contributed by atoms with Crippen LogP contribution in [0.3, 0.4) is 0 Å². The van der Waals surface area contributed by atoms with Crippen LogP contribution in [0, 0.1) is 11.7 Å². The quantitative estimate of drug-likeness (QED) is 0.558. The summed E-state index contributed by atoms with van der Waals surface area (Å²) in [6.45, 7) is 4.76. The molecule has 29 heavy (non-hydrogen) atoms. The van der Waals surface area contributed by atoms with Crippen molar-refractivity contribution >= 4 is 0 Å². The molecule has 0 aliphatic rings. The zero-order valence-electron chi connectivity index (χ0n) is 16.8. The van der Waals surface area contributed by atoms with Gasteiger partial charge in [0.1, 0.15) is 18.2 Å². The summed E-state index contributed by atoms with van der Waals surface area (Å²) in [4.78, 5) is 4.49. The third-order valence-electron chi connectivity index (χ3n) is 4.83. The molecule has 152 valence electrons. The van der Waals surface area contributed by atoms with E-state index in [1.807, 2.05) is 68.4 Å². The van der Waals surface area contributed by atoms with Crippen molar-refractivity contribution in [3.05, 3.63) is 83.8 Å². The van der Waals surface area contributed by atoms with Crippen molar-refractivity contribution in [3.8, 4) is 17.0 Å². The molecule has 4 nitrogen and oxygen atoms in total. The van der Waals surface area contributed by atoms with Gasteiger partial charge in [0.15, 0.2) is 0 Å². The third kappa shape index (κ3) is 5.86. The number of hydrogen-bond acceptors (Lipinski definition) is 4. The molecule has 2 aromatic carbocycles. The number of nitrogens with zero attached hydrogens (tertiary/aromatic N) is 1. The first-order valence-corrected chi connectivity index (χ1v) is 9.83. The SMILES string of the molecule is CC(C)[C@H](CO)NCc1nc(-c2cccc(OCc3ccccc3)c2)ccc1F.